The quantitative estimate of drug-likeness (QED) is 0.837. The van der Waals surface area contributed by atoms with Crippen molar-refractivity contribution in [3.8, 4) is 0 Å². The number of benzene rings is 1. The highest BCUT2D eigenvalue weighted by atomic mass is 16.5. The number of hydrogen-bond donors (Lipinski definition) is 1. The summed E-state index contributed by atoms with van der Waals surface area (Å²) in [6.07, 6.45) is 1.02. The van der Waals surface area contributed by atoms with Crippen molar-refractivity contribution in [1.29, 1.82) is 0 Å². The maximum atomic E-state index is 12.0. The molecule has 1 heterocycles. The molecule has 19 heavy (non-hydrogen) atoms. The van der Waals surface area contributed by atoms with E-state index in [1.54, 1.807) is 7.05 Å². The molecule has 0 fully saturated rings. The van der Waals surface area contributed by atoms with E-state index in [1.165, 1.54) is 18.4 Å². The number of fused-ring (bicyclic) bond motifs is 1. The molecule has 0 spiro atoms. The number of hydrogen-bond acceptors (Lipinski definition) is 4. The molecule has 0 aromatic heterocycles. The van der Waals surface area contributed by atoms with Gasteiger partial charge in [0, 0.05) is 18.3 Å². The van der Waals surface area contributed by atoms with Gasteiger partial charge >= 0.3 is 5.97 Å². The van der Waals surface area contributed by atoms with E-state index in [0.717, 1.165) is 6.42 Å². The van der Waals surface area contributed by atoms with Crippen LogP contribution in [0.5, 0.6) is 0 Å². The minimum atomic E-state index is -0.694. The van der Waals surface area contributed by atoms with Crippen LogP contribution in [0.15, 0.2) is 24.3 Å². The van der Waals surface area contributed by atoms with Crippen LogP contribution in [0.4, 0.5) is 5.69 Å². The highest BCUT2D eigenvalue weighted by Crippen LogP contribution is 2.32. The molecule has 0 radical (unpaired) electrons. The van der Waals surface area contributed by atoms with Gasteiger partial charge in [-0.3, -0.25) is 0 Å². The van der Waals surface area contributed by atoms with Gasteiger partial charge in [0.2, 0.25) is 0 Å². The first-order chi connectivity index (χ1) is 9.01. The van der Waals surface area contributed by atoms with Crippen molar-refractivity contribution in [2.45, 2.75) is 31.8 Å². The van der Waals surface area contributed by atoms with Gasteiger partial charge in [-0.05, 0) is 38.9 Å². The molecular formula is C15H22N2O2. The zero-order valence-electron chi connectivity index (χ0n) is 12.1. The van der Waals surface area contributed by atoms with E-state index in [2.05, 4.69) is 35.3 Å². The number of nitrogens with one attached hydrogen (secondary N) is 1. The number of methoxy groups -OCH3 is 1. The molecule has 0 bridgehead atoms. The van der Waals surface area contributed by atoms with Gasteiger partial charge in [-0.2, -0.15) is 0 Å². The number of likely N-dealkylation sites (N-methyl/N-ethyl adjacent to an activating group) is 1. The third-order valence-electron chi connectivity index (χ3n) is 4.02. The number of carbonyl (C=O) groups excluding carboxylic acids is 1. The topological polar surface area (TPSA) is 41.6 Å². The third kappa shape index (κ3) is 2.45. The lowest BCUT2D eigenvalue weighted by Crippen LogP contribution is -2.57. The molecule has 1 aromatic carbocycles. The van der Waals surface area contributed by atoms with Crippen LogP contribution < -0.4 is 10.2 Å². The smallest absolute Gasteiger partial charge is 0.327 e. The largest absolute Gasteiger partial charge is 0.468 e. The van der Waals surface area contributed by atoms with Crippen LogP contribution in [0.2, 0.25) is 0 Å². The first-order valence-corrected chi connectivity index (χ1v) is 6.63. The summed E-state index contributed by atoms with van der Waals surface area (Å²) in [7, 11) is 3.23. The summed E-state index contributed by atoms with van der Waals surface area (Å²) in [5.41, 5.74) is 1.87. The van der Waals surface area contributed by atoms with Gasteiger partial charge < -0.3 is 15.0 Å². The van der Waals surface area contributed by atoms with Crippen molar-refractivity contribution in [2.75, 3.05) is 25.6 Å². The van der Waals surface area contributed by atoms with Crippen molar-refractivity contribution >= 4 is 11.7 Å². The minimum Gasteiger partial charge on any atom is -0.468 e. The molecule has 0 saturated carbocycles. The average Bonchev–Trinajstić information content (AvgIpc) is 2.74. The van der Waals surface area contributed by atoms with Crippen LogP contribution in [0.25, 0.3) is 0 Å². The predicted molar refractivity (Wildman–Crippen MR) is 76.4 cm³/mol. The number of anilines is 1. The Kier molecular flexibility index (Phi) is 3.80. The van der Waals surface area contributed by atoms with Gasteiger partial charge in [-0.15, -0.1) is 0 Å². The summed E-state index contributed by atoms with van der Waals surface area (Å²) in [6, 6.07) is 8.77. The molecule has 2 unspecified atom stereocenters. The number of ether oxygens (including phenoxy) is 1. The van der Waals surface area contributed by atoms with Crippen LogP contribution in [0.1, 0.15) is 19.4 Å². The SMILES string of the molecule is CNC(C)(CN1c2ccccc2CC1C)C(=O)OC. The van der Waals surface area contributed by atoms with Crippen molar-refractivity contribution in [3.05, 3.63) is 29.8 Å². The summed E-state index contributed by atoms with van der Waals surface area (Å²) in [5, 5.41) is 3.09. The second-order valence-corrected chi connectivity index (χ2v) is 5.38. The van der Waals surface area contributed by atoms with E-state index >= 15 is 0 Å². The Morgan fingerprint density at radius 3 is 2.84 bits per heavy atom. The molecule has 2 rings (SSSR count). The Bertz CT molecular complexity index is 475. The number of esters is 1. The lowest BCUT2D eigenvalue weighted by molar-refractivity contribution is -0.147. The summed E-state index contributed by atoms with van der Waals surface area (Å²) in [6.45, 7) is 4.67. The van der Waals surface area contributed by atoms with E-state index in [0.29, 0.717) is 12.6 Å². The summed E-state index contributed by atoms with van der Waals surface area (Å²) >= 11 is 0. The predicted octanol–water partition coefficient (Wildman–Crippen LogP) is 1.59. The molecule has 1 aliphatic rings. The maximum Gasteiger partial charge on any atom is 0.327 e. The molecule has 104 valence electrons. The standard InChI is InChI=1S/C15H22N2O2/c1-11-9-12-7-5-6-8-13(12)17(11)10-15(2,16-3)14(18)19-4/h5-8,11,16H,9-10H2,1-4H3. The van der Waals surface area contributed by atoms with Crippen LogP contribution >= 0.6 is 0 Å². The Balaban J connectivity index is 2.25. The Hall–Kier alpha value is -1.55. The third-order valence-corrected chi connectivity index (χ3v) is 4.02. The van der Waals surface area contributed by atoms with Gasteiger partial charge in [0.25, 0.3) is 0 Å². The molecular weight excluding hydrogens is 240 g/mol. The molecule has 4 nitrogen and oxygen atoms in total. The minimum absolute atomic E-state index is 0.230. The summed E-state index contributed by atoms with van der Waals surface area (Å²) < 4.78 is 4.91. The molecule has 1 N–H and O–H groups in total. The molecule has 0 saturated heterocycles. The van der Waals surface area contributed by atoms with Gasteiger partial charge in [0.05, 0.1) is 7.11 Å². The van der Waals surface area contributed by atoms with E-state index < -0.39 is 5.54 Å². The van der Waals surface area contributed by atoms with Crippen molar-refractivity contribution in [2.24, 2.45) is 0 Å². The number of rotatable bonds is 4. The Morgan fingerprint density at radius 2 is 2.21 bits per heavy atom. The monoisotopic (exact) mass is 262 g/mol. The van der Waals surface area contributed by atoms with E-state index in [1.807, 2.05) is 13.0 Å². The van der Waals surface area contributed by atoms with E-state index in [9.17, 15) is 4.79 Å². The number of carbonyl (C=O) groups is 1. The van der Waals surface area contributed by atoms with Gasteiger partial charge in [-0.1, -0.05) is 18.2 Å². The second kappa shape index (κ2) is 5.21. The number of para-hydroxylation sites is 1. The molecule has 2 atom stereocenters. The normalized spacial score (nSPS) is 20.8. The lowest BCUT2D eigenvalue weighted by atomic mass is 10.0. The fraction of sp³-hybridized carbons (Fsp3) is 0.533. The highest BCUT2D eigenvalue weighted by Gasteiger charge is 2.38. The second-order valence-electron chi connectivity index (χ2n) is 5.38. The van der Waals surface area contributed by atoms with Crippen molar-refractivity contribution in [3.63, 3.8) is 0 Å². The van der Waals surface area contributed by atoms with E-state index in [4.69, 9.17) is 4.74 Å². The number of nitrogens with zero attached hydrogens (tertiary/aromatic N) is 1. The fourth-order valence-corrected chi connectivity index (χ4v) is 2.68. The fourth-order valence-electron chi connectivity index (χ4n) is 2.68. The van der Waals surface area contributed by atoms with Crippen LogP contribution in [-0.4, -0.2) is 38.3 Å². The molecule has 1 aliphatic heterocycles. The molecule has 1 aromatic rings. The average molecular weight is 262 g/mol. The maximum absolute atomic E-state index is 12.0. The first kappa shape index (κ1) is 13.9. The summed E-state index contributed by atoms with van der Waals surface area (Å²) in [4.78, 5) is 14.2. The van der Waals surface area contributed by atoms with Gasteiger partial charge in [-0.25, -0.2) is 4.79 Å². The zero-order valence-corrected chi connectivity index (χ0v) is 12.1. The Morgan fingerprint density at radius 1 is 1.53 bits per heavy atom. The van der Waals surface area contributed by atoms with Gasteiger partial charge in [0.1, 0.15) is 5.54 Å². The zero-order chi connectivity index (χ0) is 14.0. The van der Waals surface area contributed by atoms with Crippen LogP contribution in [-0.2, 0) is 16.0 Å². The highest BCUT2D eigenvalue weighted by molar-refractivity contribution is 5.81. The molecule has 4 heteroatoms. The summed E-state index contributed by atoms with van der Waals surface area (Å²) in [5.74, 6) is -0.230. The molecule has 0 amide bonds. The van der Waals surface area contributed by atoms with Crippen molar-refractivity contribution < 1.29 is 9.53 Å². The van der Waals surface area contributed by atoms with Crippen LogP contribution in [0, 0.1) is 0 Å². The van der Waals surface area contributed by atoms with E-state index in [-0.39, 0.29) is 5.97 Å². The Labute approximate surface area is 114 Å². The van der Waals surface area contributed by atoms with Crippen LogP contribution in [0.3, 0.4) is 0 Å². The lowest BCUT2D eigenvalue weighted by Gasteiger charge is -2.34. The molecule has 0 aliphatic carbocycles. The first-order valence-electron chi connectivity index (χ1n) is 6.63. The van der Waals surface area contributed by atoms with Crippen molar-refractivity contribution in [1.82, 2.24) is 5.32 Å². The van der Waals surface area contributed by atoms with Gasteiger partial charge in [0.15, 0.2) is 0 Å².